The van der Waals surface area contributed by atoms with Gasteiger partial charge in [0.25, 0.3) is 11.8 Å². The van der Waals surface area contributed by atoms with Crippen LogP contribution in [-0.2, 0) is 24.2 Å². The van der Waals surface area contributed by atoms with Crippen molar-refractivity contribution >= 4 is 42.0 Å². The Labute approximate surface area is 274 Å². The first-order valence-electron chi connectivity index (χ1n) is 15.2. The van der Waals surface area contributed by atoms with Crippen LogP contribution in [0.25, 0.3) is 11.1 Å². The number of aromatic carboxylic acids is 1. The summed E-state index contributed by atoms with van der Waals surface area (Å²) in [7, 11) is 0. The molecule has 3 aromatic carbocycles. The second kappa shape index (κ2) is 16.3. The number of imidazole rings is 1. The van der Waals surface area contributed by atoms with Gasteiger partial charge in [-0.2, -0.15) is 12.6 Å². The van der Waals surface area contributed by atoms with E-state index in [-0.39, 0.29) is 22.3 Å². The van der Waals surface area contributed by atoms with E-state index in [2.05, 4.69) is 30.0 Å². The molecule has 0 saturated heterocycles. The molecule has 0 radical (unpaired) electrons. The second-order valence-corrected chi connectivity index (χ2v) is 11.9. The maximum absolute atomic E-state index is 14.1. The first-order valence-corrected chi connectivity index (χ1v) is 16.1. The van der Waals surface area contributed by atoms with E-state index in [4.69, 9.17) is 11.6 Å². The summed E-state index contributed by atoms with van der Waals surface area (Å²) in [5.74, 6) is -1.12. The van der Waals surface area contributed by atoms with Crippen LogP contribution in [0.5, 0.6) is 0 Å². The molecule has 236 valence electrons. The number of carboxylic acid groups (broad SMARTS) is 1. The number of nitrogens with zero attached hydrogens (tertiary/aromatic N) is 3. The largest absolute Gasteiger partial charge is 0.478 e. The van der Waals surface area contributed by atoms with Gasteiger partial charge in [-0.25, -0.2) is 14.8 Å². The summed E-state index contributed by atoms with van der Waals surface area (Å²) in [6, 6.07) is 24.0. The lowest BCUT2D eigenvalue weighted by molar-refractivity contribution is -0.124. The Kier molecular flexibility index (Phi) is 12.2. The molecular formula is C35H39ClN4O4S. The Balaban J connectivity index is 1.62. The van der Waals surface area contributed by atoms with Crippen molar-refractivity contribution in [3.8, 4) is 11.1 Å². The minimum absolute atomic E-state index is 0.0839. The fraction of sp³-hybridized carbons (Fsp3) is 0.314. The predicted octanol–water partition coefficient (Wildman–Crippen LogP) is 7.11. The zero-order valence-corrected chi connectivity index (χ0v) is 27.2. The molecular weight excluding hydrogens is 608 g/mol. The zero-order chi connectivity index (χ0) is 32.3. The number of aryl methyl sites for hydroxylation is 1. The van der Waals surface area contributed by atoms with Gasteiger partial charge in [-0.05, 0) is 47.6 Å². The molecule has 10 heteroatoms. The highest BCUT2D eigenvalue weighted by Gasteiger charge is 2.29. The van der Waals surface area contributed by atoms with Crippen LogP contribution in [0.4, 0.5) is 0 Å². The Bertz CT molecular complexity index is 1610. The van der Waals surface area contributed by atoms with Crippen molar-refractivity contribution in [2.75, 3.05) is 6.54 Å². The topological polar surface area (TPSA) is 105 Å². The predicted molar refractivity (Wildman–Crippen MR) is 181 cm³/mol. The van der Waals surface area contributed by atoms with Crippen molar-refractivity contribution in [1.82, 2.24) is 20.0 Å². The lowest BCUT2D eigenvalue weighted by atomic mass is 9.99. The van der Waals surface area contributed by atoms with Gasteiger partial charge < -0.3 is 9.67 Å². The highest BCUT2D eigenvalue weighted by atomic mass is 35.5. The second-order valence-electron chi connectivity index (χ2n) is 10.9. The molecule has 2 N–H and O–H groups in total. The van der Waals surface area contributed by atoms with Gasteiger partial charge in [-0.15, -0.1) is 0 Å². The van der Waals surface area contributed by atoms with Gasteiger partial charge in [0, 0.05) is 19.5 Å². The van der Waals surface area contributed by atoms with Crippen LogP contribution < -0.4 is 5.43 Å². The van der Waals surface area contributed by atoms with Gasteiger partial charge in [-0.1, -0.05) is 111 Å². The Hall–Kier alpha value is -4.08. The molecule has 0 aliphatic carbocycles. The molecule has 4 rings (SSSR count). The third kappa shape index (κ3) is 8.77. The van der Waals surface area contributed by atoms with Gasteiger partial charge >= 0.3 is 5.97 Å². The number of hydrogen-bond donors (Lipinski definition) is 3. The van der Waals surface area contributed by atoms with Gasteiger partial charge in [0.05, 0.1) is 10.8 Å². The van der Waals surface area contributed by atoms with Crippen molar-refractivity contribution in [1.29, 1.82) is 0 Å². The average molecular weight is 647 g/mol. The van der Waals surface area contributed by atoms with Crippen LogP contribution in [0.1, 0.15) is 77.3 Å². The van der Waals surface area contributed by atoms with Gasteiger partial charge in [0.15, 0.2) is 5.15 Å². The standard InChI is InChI=1S/C35H39ClN4O4S/c1-3-5-16-30-37-32(36)31(34(42)40(21-6-4-2)38-33(41)29(45)22-24-12-8-7-9-13-24)39(30)23-25-17-19-26(20-18-25)27-14-10-11-15-28(27)35(43)44/h7-15,17-20,29,45H,3-6,16,21-23H2,1-2H3,(H,38,41)(H,43,44)/t29-/m0/s1. The van der Waals surface area contributed by atoms with Gasteiger partial charge in [-0.3, -0.25) is 15.0 Å². The lowest BCUT2D eigenvalue weighted by Gasteiger charge is -2.25. The molecule has 0 bridgehead atoms. The van der Waals surface area contributed by atoms with E-state index >= 15 is 0 Å². The Morgan fingerprint density at radius 1 is 0.933 bits per heavy atom. The normalized spacial score (nSPS) is 11.6. The van der Waals surface area contributed by atoms with Gasteiger partial charge in [0.1, 0.15) is 11.5 Å². The molecule has 1 heterocycles. The fourth-order valence-electron chi connectivity index (χ4n) is 5.05. The van der Waals surface area contributed by atoms with Crippen LogP contribution in [0.3, 0.4) is 0 Å². The van der Waals surface area contributed by atoms with E-state index in [0.717, 1.165) is 36.0 Å². The SMILES string of the molecule is CCCCc1nc(Cl)c(C(=O)N(CCCC)NC(=O)[C@@H](S)Cc2ccccc2)n1Cc1ccc(-c2ccccc2C(=O)O)cc1. The molecule has 0 aliphatic rings. The van der Waals surface area contributed by atoms with Crippen LogP contribution >= 0.6 is 24.2 Å². The molecule has 0 spiro atoms. The third-order valence-electron chi connectivity index (χ3n) is 7.52. The molecule has 1 atom stereocenters. The number of carboxylic acids is 1. The number of unbranched alkanes of at least 4 members (excludes halogenated alkanes) is 2. The Morgan fingerprint density at radius 3 is 2.27 bits per heavy atom. The molecule has 0 fully saturated rings. The van der Waals surface area contributed by atoms with E-state index in [1.165, 1.54) is 5.01 Å². The van der Waals surface area contributed by atoms with E-state index in [1.807, 2.05) is 72.2 Å². The number of thiol groups is 1. The number of halogens is 1. The first-order chi connectivity index (χ1) is 21.7. The highest BCUT2D eigenvalue weighted by Crippen LogP contribution is 2.26. The summed E-state index contributed by atoms with van der Waals surface area (Å²) >= 11 is 11.2. The molecule has 4 aromatic rings. The van der Waals surface area contributed by atoms with Crippen molar-refractivity contribution in [3.05, 3.63) is 112 Å². The number of rotatable bonds is 14. The molecule has 0 aliphatic heterocycles. The maximum atomic E-state index is 14.1. The minimum atomic E-state index is -0.990. The molecule has 2 amide bonds. The van der Waals surface area contributed by atoms with E-state index < -0.39 is 17.1 Å². The van der Waals surface area contributed by atoms with Crippen LogP contribution in [0, 0.1) is 0 Å². The van der Waals surface area contributed by atoms with E-state index in [0.29, 0.717) is 43.7 Å². The number of benzene rings is 3. The number of aromatic nitrogens is 2. The summed E-state index contributed by atoms with van der Waals surface area (Å²) in [6.45, 7) is 4.72. The number of amides is 2. The monoisotopic (exact) mass is 646 g/mol. The maximum Gasteiger partial charge on any atom is 0.336 e. The summed E-state index contributed by atoms with van der Waals surface area (Å²) < 4.78 is 1.83. The number of hydrogen-bond acceptors (Lipinski definition) is 5. The van der Waals surface area contributed by atoms with Crippen LogP contribution in [-0.4, -0.2) is 49.2 Å². The molecule has 0 saturated carbocycles. The zero-order valence-electron chi connectivity index (χ0n) is 25.6. The molecule has 8 nitrogen and oxygen atoms in total. The Morgan fingerprint density at radius 2 is 1.60 bits per heavy atom. The van der Waals surface area contributed by atoms with E-state index in [9.17, 15) is 19.5 Å². The summed E-state index contributed by atoms with van der Waals surface area (Å²) in [4.78, 5) is 43.6. The molecule has 45 heavy (non-hydrogen) atoms. The quantitative estimate of drug-likeness (QED) is 0.100. The van der Waals surface area contributed by atoms with Crippen molar-refractivity contribution in [2.45, 2.75) is 64.2 Å². The summed E-state index contributed by atoms with van der Waals surface area (Å²) in [5.41, 5.74) is 6.48. The number of nitrogens with one attached hydrogen (secondary N) is 1. The van der Waals surface area contributed by atoms with Gasteiger partial charge in [0.2, 0.25) is 0 Å². The number of carbonyl (C=O) groups is 3. The summed E-state index contributed by atoms with van der Waals surface area (Å²) in [6.07, 6.45) is 4.34. The van der Waals surface area contributed by atoms with Crippen molar-refractivity contribution in [2.24, 2.45) is 0 Å². The molecule has 0 unspecified atom stereocenters. The van der Waals surface area contributed by atoms with Crippen molar-refractivity contribution in [3.63, 3.8) is 0 Å². The smallest absolute Gasteiger partial charge is 0.336 e. The minimum Gasteiger partial charge on any atom is -0.478 e. The lowest BCUT2D eigenvalue weighted by Crippen LogP contribution is -2.50. The summed E-state index contributed by atoms with van der Waals surface area (Å²) in [5, 5.41) is 10.4. The number of hydrazine groups is 1. The van der Waals surface area contributed by atoms with Crippen molar-refractivity contribution < 1.29 is 19.5 Å². The fourth-order valence-corrected chi connectivity index (χ4v) is 5.60. The third-order valence-corrected chi connectivity index (χ3v) is 8.20. The highest BCUT2D eigenvalue weighted by molar-refractivity contribution is 7.81. The van der Waals surface area contributed by atoms with Crippen LogP contribution in [0.15, 0.2) is 78.9 Å². The van der Waals surface area contributed by atoms with E-state index in [1.54, 1.807) is 18.2 Å². The number of carbonyl (C=O) groups excluding carboxylic acids is 2. The average Bonchev–Trinajstić information content (AvgIpc) is 3.36. The first kappa shape index (κ1) is 33.8. The molecule has 1 aromatic heterocycles. The van der Waals surface area contributed by atoms with Crippen LogP contribution in [0.2, 0.25) is 5.15 Å².